The van der Waals surface area contributed by atoms with Crippen molar-refractivity contribution in [2.75, 3.05) is 45.6 Å². The van der Waals surface area contributed by atoms with Crippen LogP contribution < -0.4 is 10.0 Å². The average Bonchev–Trinajstić information content (AvgIpc) is 3.09. The normalized spacial score (nSPS) is 22.2. The van der Waals surface area contributed by atoms with E-state index in [-0.39, 0.29) is 36.2 Å². The molecule has 2 aliphatic heterocycles. The lowest BCUT2D eigenvalue weighted by atomic mass is 10.1. The molecule has 2 N–H and O–H groups in total. The third-order valence-corrected chi connectivity index (χ3v) is 5.63. The Labute approximate surface area is 187 Å². The van der Waals surface area contributed by atoms with Gasteiger partial charge < -0.3 is 19.7 Å². The number of guanidine groups is 1. The van der Waals surface area contributed by atoms with Crippen LogP contribution in [-0.2, 0) is 19.5 Å². The summed E-state index contributed by atoms with van der Waals surface area (Å²) >= 11 is 0. The summed E-state index contributed by atoms with van der Waals surface area (Å²) in [6.45, 7) is 10.2. The van der Waals surface area contributed by atoms with Gasteiger partial charge in [-0.2, -0.15) is 0 Å². The molecule has 166 valence electrons. The topological polar surface area (TPSA) is 92.3 Å². The number of piperidine rings is 1. The summed E-state index contributed by atoms with van der Waals surface area (Å²) in [7, 11) is -3.27. The molecule has 0 aromatic heterocycles. The van der Waals surface area contributed by atoms with E-state index in [0.29, 0.717) is 13.2 Å². The van der Waals surface area contributed by atoms with E-state index < -0.39 is 15.6 Å². The molecule has 2 rings (SSSR count). The van der Waals surface area contributed by atoms with Gasteiger partial charge in [-0.1, -0.05) is 0 Å². The molecule has 0 bridgehead atoms. The number of sulfonamides is 1. The van der Waals surface area contributed by atoms with Crippen molar-refractivity contribution in [2.24, 2.45) is 4.99 Å². The molecule has 0 aliphatic carbocycles. The maximum atomic E-state index is 11.5. The zero-order valence-electron chi connectivity index (χ0n) is 17.6. The molecule has 0 aromatic carbocycles. The maximum Gasteiger partial charge on any atom is 0.209 e. The van der Waals surface area contributed by atoms with Gasteiger partial charge in [0.2, 0.25) is 10.0 Å². The number of nitrogens with zero attached hydrogens (tertiary/aromatic N) is 2. The average molecular weight is 532 g/mol. The van der Waals surface area contributed by atoms with Crippen LogP contribution in [0.1, 0.15) is 46.5 Å². The monoisotopic (exact) mass is 532 g/mol. The van der Waals surface area contributed by atoms with Gasteiger partial charge in [0.15, 0.2) is 5.96 Å². The van der Waals surface area contributed by atoms with E-state index in [9.17, 15) is 8.42 Å². The Morgan fingerprint density at radius 3 is 2.50 bits per heavy atom. The smallest absolute Gasteiger partial charge is 0.209 e. The van der Waals surface area contributed by atoms with Crippen molar-refractivity contribution >= 4 is 40.0 Å². The van der Waals surface area contributed by atoms with Gasteiger partial charge >= 0.3 is 0 Å². The molecule has 2 fully saturated rings. The van der Waals surface area contributed by atoms with Crippen molar-refractivity contribution in [1.82, 2.24) is 14.9 Å². The molecule has 0 radical (unpaired) electrons. The second-order valence-corrected chi connectivity index (χ2v) is 9.83. The highest BCUT2D eigenvalue weighted by molar-refractivity contribution is 14.0. The van der Waals surface area contributed by atoms with Crippen LogP contribution in [0.3, 0.4) is 0 Å². The standard InChI is InChI=1S/C18H36N4O4S.HI/c1-5-19-17(20-14-18(2,3)21-27(4,23)24)22-10-8-15(9-11-22)26-13-16-7-6-12-25-16;/h15-16,21H,5-14H2,1-4H3,(H,19,20);1H. The van der Waals surface area contributed by atoms with E-state index >= 15 is 0 Å². The fraction of sp³-hybridized carbons (Fsp3) is 0.944. The third-order valence-electron chi connectivity index (χ3n) is 4.70. The first-order valence-corrected chi connectivity index (χ1v) is 11.8. The summed E-state index contributed by atoms with van der Waals surface area (Å²) < 4.78 is 37.3. The van der Waals surface area contributed by atoms with Crippen LogP contribution in [0.25, 0.3) is 0 Å². The van der Waals surface area contributed by atoms with Crippen LogP contribution in [0.5, 0.6) is 0 Å². The van der Waals surface area contributed by atoms with E-state index in [1.165, 1.54) is 6.26 Å². The van der Waals surface area contributed by atoms with Gasteiger partial charge in [-0.3, -0.25) is 4.99 Å². The molecule has 2 heterocycles. The second kappa shape index (κ2) is 11.9. The van der Waals surface area contributed by atoms with Gasteiger partial charge in [0, 0.05) is 31.8 Å². The lowest BCUT2D eigenvalue weighted by Gasteiger charge is -2.35. The molecule has 2 aliphatic rings. The molecule has 0 spiro atoms. The first-order valence-electron chi connectivity index (χ1n) is 9.94. The van der Waals surface area contributed by atoms with Gasteiger partial charge in [-0.05, 0) is 46.5 Å². The molecule has 0 amide bonds. The minimum atomic E-state index is -3.27. The fourth-order valence-corrected chi connectivity index (χ4v) is 4.55. The van der Waals surface area contributed by atoms with E-state index in [1.54, 1.807) is 0 Å². The molecular weight excluding hydrogens is 495 g/mol. The van der Waals surface area contributed by atoms with Crippen molar-refractivity contribution in [3.63, 3.8) is 0 Å². The van der Waals surface area contributed by atoms with Crippen LogP contribution in [-0.4, -0.2) is 82.7 Å². The van der Waals surface area contributed by atoms with E-state index in [0.717, 1.165) is 57.9 Å². The second-order valence-electron chi connectivity index (χ2n) is 8.08. The minimum Gasteiger partial charge on any atom is -0.376 e. The highest BCUT2D eigenvalue weighted by atomic mass is 127. The highest BCUT2D eigenvalue weighted by Crippen LogP contribution is 2.18. The van der Waals surface area contributed by atoms with Crippen molar-refractivity contribution in [2.45, 2.75) is 64.2 Å². The maximum absolute atomic E-state index is 11.5. The first kappa shape index (κ1) is 25.9. The number of nitrogens with one attached hydrogen (secondary N) is 2. The summed E-state index contributed by atoms with van der Waals surface area (Å²) in [6, 6.07) is 0. The van der Waals surface area contributed by atoms with E-state index in [4.69, 9.17) is 9.47 Å². The number of likely N-dealkylation sites (tertiary alicyclic amines) is 1. The Bertz CT molecular complexity index is 586. The van der Waals surface area contributed by atoms with Crippen LogP contribution >= 0.6 is 24.0 Å². The van der Waals surface area contributed by atoms with Gasteiger partial charge in [0.1, 0.15) is 0 Å². The summed E-state index contributed by atoms with van der Waals surface area (Å²) in [4.78, 5) is 6.90. The SMILES string of the molecule is CCNC(=NCC(C)(C)NS(C)(=O)=O)N1CCC(OCC2CCCO2)CC1.I. The molecular formula is C18H37IN4O4S. The Morgan fingerprint density at radius 1 is 1.29 bits per heavy atom. The number of aliphatic imine (C=N–C) groups is 1. The van der Waals surface area contributed by atoms with E-state index in [2.05, 4.69) is 19.9 Å². The first-order chi connectivity index (χ1) is 12.7. The van der Waals surface area contributed by atoms with Crippen LogP contribution in [0.15, 0.2) is 4.99 Å². The Morgan fingerprint density at radius 2 is 1.96 bits per heavy atom. The lowest BCUT2D eigenvalue weighted by Crippen LogP contribution is -2.49. The van der Waals surface area contributed by atoms with Gasteiger partial charge in [-0.25, -0.2) is 13.1 Å². The van der Waals surface area contributed by atoms with Gasteiger partial charge in [0.05, 0.1) is 31.6 Å². The number of ether oxygens (including phenoxy) is 2. The predicted molar refractivity (Wildman–Crippen MR) is 123 cm³/mol. The summed E-state index contributed by atoms with van der Waals surface area (Å²) in [5, 5.41) is 3.32. The zero-order chi connectivity index (χ0) is 19.9. The Hall–Kier alpha value is -0.170. The molecule has 2 saturated heterocycles. The van der Waals surface area contributed by atoms with Crippen molar-refractivity contribution in [3.8, 4) is 0 Å². The third kappa shape index (κ3) is 9.55. The largest absolute Gasteiger partial charge is 0.376 e. The Balaban J connectivity index is 0.00000392. The quantitative estimate of drug-likeness (QED) is 0.280. The number of halogens is 1. The molecule has 28 heavy (non-hydrogen) atoms. The number of hydrogen-bond acceptors (Lipinski definition) is 5. The van der Waals surface area contributed by atoms with Crippen molar-refractivity contribution in [3.05, 3.63) is 0 Å². The zero-order valence-corrected chi connectivity index (χ0v) is 20.7. The van der Waals surface area contributed by atoms with E-state index in [1.807, 2.05) is 20.8 Å². The van der Waals surface area contributed by atoms with Crippen LogP contribution in [0.4, 0.5) is 0 Å². The Kier molecular flexibility index (Phi) is 11.0. The summed E-state index contributed by atoms with van der Waals surface area (Å²) in [6.07, 6.45) is 5.88. The molecule has 0 aromatic rings. The molecule has 8 nitrogen and oxygen atoms in total. The number of rotatable bonds is 8. The van der Waals surface area contributed by atoms with Crippen LogP contribution in [0.2, 0.25) is 0 Å². The van der Waals surface area contributed by atoms with Crippen molar-refractivity contribution < 1.29 is 17.9 Å². The fourth-order valence-electron chi connectivity index (χ4n) is 3.49. The highest BCUT2D eigenvalue weighted by Gasteiger charge is 2.26. The molecule has 0 saturated carbocycles. The molecule has 1 atom stereocenters. The van der Waals surface area contributed by atoms with Crippen LogP contribution in [0, 0.1) is 0 Å². The summed E-state index contributed by atoms with van der Waals surface area (Å²) in [5.41, 5.74) is -0.628. The lowest BCUT2D eigenvalue weighted by molar-refractivity contribution is -0.0367. The van der Waals surface area contributed by atoms with Gasteiger partial charge in [0.25, 0.3) is 0 Å². The van der Waals surface area contributed by atoms with Gasteiger partial charge in [-0.15, -0.1) is 24.0 Å². The molecule has 10 heteroatoms. The predicted octanol–water partition coefficient (Wildman–Crippen LogP) is 1.56. The summed E-state index contributed by atoms with van der Waals surface area (Å²) in [5.74, 6) is 0.832. The minimum absolute atomic E-state index is 0. The van der Waals surface area contributed by atoms with Crippen molar-refractivity contribution in [1.29, 1.82) is 0 Å². The molecule has 1 unspecified atom stereocenters. The number of hydrogen-bond donors (Lipinski definition) is 2.